The number of rotatable bonds is 2. The highest BCUT2D eigenvalue weighted by Gasteiger charge is 2.12. The van der Waals surface area contributed by atoms with E-state index in [1.165, 1.54) is 16.7 Å². The monoisotopic (exact) mass is 284 g/mol. The summed E-state index contributed by atoms with van der Waals surface area (Å²) in [5.74, 6) is -1.02. The summed E-state index contributed by atoms with van der Waals surface area (Å²) < 4.78 is 0.802. The maximum atomic E-state index is 10.6. The van der Waals surface area contributed by atoms with Gasteiger partial charge in [0, 0.05) is 16.0 Å². The molecular formula is C9H5BrN2O2S. The number of aromatic nitrogens is 2. The van der Waals surface area contributed by atoms with E-state index in [4.69, 9.17) is 5.11 Å². The molecule has 0 atom stereocenters. The van der Waals surface area contributed by atoms with Crippen LogP contribution in [0.15, 0.2) is 28.2 Å². The number of nitrogens with zero attached hydrogens (tertiary/aromatic N) is 2. The molecular weight excluding hydrogens is 280 g/mol. The molecule has 0 saturated heterocycles. The fourth-order valence-corrected chi connectivity index (χ4v) is 2.40. The highest BCUT2D eigenvalue weighted by atomic mass is 79.9. The van der Waals surface area contributed by atoms with Crippen molar-refractivity contribution in [1.29, 1.82) is 0 Å². The van der Waals surface area contributed by atoms with Gasteiger partial charge in [-0.3, -0.25) is 4.98 Å². The first-order chi connectivity index (χ1) is 7.18. The molecule has 0 unspecified atom stereocenters. The number of pyridine rings is 1. The second-order valence-electron chi connectivity index (χ2n) is 2.68. The van der Waals surface area contributed by atoms with Crippen LogP contribution >= 0.6 is 27.3 Å². The van der Waals surface area contributed by atoms with Crippen LogP contribution < -0.4 is 0 Å². The summed E-state index contributed by atoms with van der Waals surface area (Å²) in [7, 11) is 0. The number of hydrogen-bond acceptors (Lipinski definition) is 4. The Balaban J connectivity index is 2.46. The van der Waals surface area contributed by atoms with Crippen molar-refractivity contribution in [2.75, 3.05) is 0 Å². The first kappa shape index (κ1) is 10.3. The van der Waals surface area contributed by atoms with Gasteiger partial charge < -0.3 is 5.11 Å². The summed E-state index contributed by atoms with van der Waals surface area (Å²) in [4.78, 5) is 18.7. The predicted octanol–water partition coefficient (Wildman–Crippen LogP) is 2.67. The van der Waals surface area contributed by atoms with Crippen molar-refractivity contribution in [3.8, 4) is 10.7 Å². The third kappa shape index (κ3) is 2.05. The zero-order valence-corrected chi connectivity index (χ0v) is 9.75. The van der Waals surface area contributed by atoms with Crippen molar-refractivity contribution in [3.63, 3.8) is 0 Å². The van der Waals surface area contributed by atoms with Crippen LogP contribution in [0.2, 0.25) is 0 Å². The highest BCUT2D eigenvalue weighted by molar-refractivity contribution is 9.10. The largest absolute Gasteiger partial charge is 0.476 e. The van der Waals surface area contributed by atoms with Gasteiger partial charge in [0.2, 0.25) is 0 Å². The molecule has 0 fully saturated rings. The first-order valence-corrected chi connectivity index (χ1v) is 5.65. The topological polar surface area (TPSA) is 63.1 Å². The molecule has 0 aliphatic carbocycles. The van der Waals surface area contributed by atoms with E-state index in [0.29, 0.717) is 10.7 Å². The van der Waals surface area contributed by atoms with Gasteiger partial charge in [-0.05, 0) is 28.1 Å². The van der Waals surface area contributed by atoms with Gasteiger partial charge in [0.05, 0.1) is 0 Å². The lowest BCUT2D eigenvalue weighted by Gasteiger charge is -1.96. The number of halogens is 1. The maximum absolute atomic E-state index is 10.6. The molecule has 4 nitrogen and oxygen atoms in total. The van der Waals surface area contributed by atoms with E-state index in [2.05, 4.69) is 25.9 Å². The zero-order chi connectivity index (χ0) is 10.8. The minimum absolute atomic E-state index is 0.0487. The molecule has 0 spiro atoms. The van der Waals surface area contributed by atoms with E-state index in [0.717, 1.165) is 4.47 Å². The standard InChI is InChI=1S/C9H5BrN2O2S/c10-5-2-1-3-11-7(5)8-12-6(4-15-8)9(13)14/h1-4H,(H,13,14). The van der Waals surface area contributed by atoms with Crippen molar-refractivity contribution < 1.29 is 9.90 Å². The number of aromatic carboxylic acids is 1. The van der Waals surface area contributed by atoms with Gasteiger partial charge in [-0.2, -0.15) is 0 Å². The lowest BCUT2D eigenvalue weighted by atomic mass is 10.3. The van der Waals surface area contributed by atoms with Crippen molar-refractivity contribution >= 4 is 33.2 Å². The normalized spacial score (nSPS) is 10.2. The average molecular weight is 285 g/mol. The molecule has 0 aliphatic heterocycles. The Morgan fingerprint density at radius 3 is 2.93 bits per heavy atom. The molecule has 0 radical (unpaired) electrons. The molecule has 0 saturated carbocycles. The van der Waals surface area contributed by atoms with Gasteiger partial charge in [0.15, 0.2) is 5.69 Å². The van der Waals surface area contributed by atoms with Crippen LogP contribution in [0.5, 0.6) is 0 Å². The summed E-state index contributed by atoms with van der Waals surface area (Å²) in [6, 6.07) is 3.63. The summed E-state index contributed by atoms with van der Waals surface area (Å²) in [5.41, 5.74) is 0.711. The zero-order valence-electron chi connectivity index (χ0n) is 7.35. The number of carboxylic acid groups (broad SMARTS) is 1. The van der Waals surface area contributed by atoms with Crippen molar-refractivity contribution in [1.82, 2.24) is 9.97 Å². The third-order valence-electron chi connectivity index (χ3n) is 1.68. The SMILES string of the molecule is O=C(O)c1csc(-c2ncccc2Br)n1. The van der Waals surface area contributed by atoms with Crippen molar-refractivity contribution in [2.45, 2.75) is 0 Å². The van der Waals surface area contributed by atoms with Gasteiger partial charge in [-0.1, -0.05) is 0 Å². The van der Waals surface area contributed by atoms with Gasteiger partial charge in [0.25, 0.3) is 0 Å². The van der Waals surface area contributed by atoms with E-state index in [1.807, 2.05) is 6.07 Å². The van der Waals surface area contributed by atoms with Crippen LogP contribution in [0.4, 0.5) is 0 Å². The fraction of sp³-hybridized carbons (Fsp3) is 0. The number of hydrogen-bond donors (Lipinski definition) is 1. The van der Waals surface area contributed by atoms with E-state index in [9.17, 15) is 4.79 Å². The van der Waals surface area contributed by atoms with Crippen LogP contribution in [0.1, 0.15) is 10.5 Å². The Morgan fingerprint density at radius 2 is 2.33 bits per heavy atom. The lowest BCUT2D eigenvalue weighted by molar-refractivity contribution is 0.0691. The van der Waals surface area contributed by atoms with Crippen LogP contribution in [-0.4, -0.2) is 21.0 Å². The second-order valence-corrected chi connectivity index (χ2v) is 4.39. The molecule has 2 aromatic heterocycles. The molecule has 0 bridgehead atoms. The van der Waals surface area contributed by atoms with Crippen LogP contribution in [-0.2, 0) is 0 Å². The second kappa shape index (κ2) is 4.08. The summed E-state index contributed by atoms with van der Waals surface area (Å²) >= 11 is 4.60. The molecule has 2 heterocycles. The van der Waals surface area contributed by atoms with E-state index >= 15 is 0 Å². The van der Waals surface area contributed by atoms with Gasteiger partial charge in [-0.15, -0.1) is 11.3 Å². The Morgan fingerprint density at radius 1 is 1.53 bits per heavy atom. The van der Waals surface area contributed by atoms with Crippen LogP contribution in [0.25, 0.3) is 10.7 Å². The predicted molar refractivity (Wildman–Crippen MR) is 60.0 cm³/mol. The number of thiazole rings is 1. The van der Waals surface area contributed by atoms with Crippen molar-refractivity contribution in [2.24, 2.45) is 0 Å². The smallest absolute Gasteiger partial charge is 0.355 e. The summed E-state index contributed by atoms with van der Waals surface area (Å²) in [5, 5.41) is 10.8. The van der Waals surface area contributed by atoms with Gasteiger partial charge in [0.1, 0.15) is 10.7 Å². The number of carboxylic acids is 1. The average Bonchev–Trinajstić information content (AvgIpc) is 2.67. The summed E-state index contributed by atoms with van der Waals surface area (Å²) in [6.07, 6.45) is 1.64. The Kier molecular flexibility index (Phi) is 2.79. The number of carbonyl (C=O) groups is 1. The maximum Gasteiger partial charge on any atom is 0.355 e. The van der Waals surface area contributed by atoms with E-state index < -0.39 is 5.97 Å². The molecule has 0 aliphatic rings. The highest BCUT2D eigenvalue weighted by Crippen LogP contribution is 2.28. The lowest BCUT2D eigenvalue weighted by Crippen LogP contribution is -1.96. The van der Waals surface area contributed by atoms with E-state index in [-0.39, 0.29) is 5.69 Å². The van der Waals surface area contributed by atoms with Gasteiger partial charge >= 0.3 is 5.97 Å². The minimum atomic E-state index is -1.02. The quantitative estimate of drug-likeness (QED) is 0.921. The van der Waals surface area contributed by atoms with Crippen LogP contribution in [0.3, 0.4) is 0 Å². The Bertz CT molecular complexity index is 512. The molecule has 2 rings (SSSR count). The molecule has 15 heavy (non-hydrogen) atoms. The molecule has 1 N–H and O–H groups in total. The van der Waals surface area contributed by atoms with E-state index in [1.54, 1.807) is 12.3 Å². The first-order valence-electron chi connectivity index (χ1n) is 3.98. The molecule has 2 aromatic rings. The van der Waals surface area contributed by atoms with Gasteiger partial charge in [-0.25, -0.2) is 9.78 Å². The van der Waals surface area contributed by atoms with Crippen molar-refractivity contribution in [3.05, 3.63) is 33.9 Å². The molecule has 6 heteroatoms. The molecule has 0 amide bonds. The minimum Gasteiger partial charge on any atom is -0.476 e. The summed E-state index contributed by atoms with van der Waals surface area (Å²) in [6.45, 7) is 0. The fourth-order valence-electron chi connectivity index (χ4n) is 1.02. The van der Waals surface area contributed by atoms with Crippen LogP contribution in [0, 0.1) is 0 Å². The Labute approximate surface area is 97.8 Å². The third-order valence-corrected chi connectivity index (χ3v) is 3.17. The molecule has 76 valence electrons. The molecule has 0 aromatic carbocycles. The Hall–Kier alpha value is -1.27.